The molecule has 0 saturated carbocycles. The summed E-state index contributed by atoms with van der Waals surface area (Å²) >= 11 is 1.56. The van der Waals surface area contributed by atoms with Gasteiger partial charge in [-0.3, -0.25) is 4.79 Å². The maximum atomic E-state index is 11.6. The van der Waals surface area contributed by atoms with Crippen LogP contribution >= 0.6 is 11.8 Å². The average Bonchev–Trinajstić information content (AvgIpc) is 2.71. The minimum atomic E-state index is -0.393. The quantitative estimate of drug-likeness (QED) is 0.616. The van der Waals surface area contributed by atoms with E-state index in [0.29, 0.717) is 5.75 Å². The molecule has 0 aromatic heterocycles. The molecule has 0 amide bonds. The highest BCUT2D eigenvalue weighted by atomic mass is 32.2. The van der Waals surface area contributed by atoms with E-state index >= 15 is 0 Å². The lowest BCUT2D eigenvalue weighted by Crippen LogP contribution is -2.24. The lowest BCUT2D eigenvalue weighted by molar-refractivity contribution is -0.151. The van der Waals surface area contributed by atoms with Gasteiger partial charge < -0.3 is 4.74 Å². The summed E-state index contributed by atoms with van der Waals surface area (Å²) in [6.07, 6.45) is 3.64. The summed E-state index contributed by atoms with van der Waals surface area (Å²) in [6.45, 7) is 5.68. The van der Waals surface area contributed by atoms with Crippen molar-refractivity contribution in [1.29, 1.82) is 0 Å². The molecule has 0 heterocycles. The zero-order chi connectivity index (χ0) is 13.2. The van der Waals surface area contributed by atoms with E-state index in [9.17, 15) is 4.79 Å². The number of hydrogen-bond donors (Lipinski definition) is 0. The van der Waals surface area contributed by atoms with Crippen LogP contribution in [0.2, 0.25) is 0 Å². The van der Waals surface area contributed by atoms with Crippen molar-refractivity contribution in [3.05, 3.63) is 29.3 Å². The molecule has 0 atom stereocenters. The number of benzene rings is 1. The molecular formula is C15H20O2S. The van der Waals surface area contributed by atoms with Gasteiger partial charge >= 0.3 is 5.97 Å². The Balaban J connectivity index is 1.89. The van der Waals surface area contributed by atoms with Crippen LogP contribution in [0.5, 0.6) is 0 Å². The van der Waals surface area contributed by atoms with Gasteiger partial charge in [0.05, 0.1) is 5.75 Å². The largest absolute Gasteiger partial charge is 0.459 e. The Labute approximate surface area is 113 Å². The summed E-state index contributed by atoms with van der Waals surface area (Å²) < 4.78 is 5.29. The second-order valence-electron chi connectivity index (χ2n) is 5.66. The van der Waals surface area contributed by atoms with Crippen molar-refractivity contribution >= 4 is 17.7 Å². The molecule has 1 aromatic rings. The van der Waals surface area contributed by atoms with Crippen molar-refractivity contribution in [2.75, 3.05) is 5.75 Å². The Bertz CT molecular complexity index is 446. The van der Waals surface area contributed by atoms with Gasteiger partial charge in [-0.05, 0) is 63.3 Å². The first kappa shape index (κ1) is 13.5. The zero-order valence-corrected chi connectivity index (χ0v) is 12.1. The van der Waals surface area contributed by atoms with Crippen LogP contribution < -0.4 is 0 Å². The van der Waals surface area contributed by atoms with Gasteiger partial charge in [-0.25, -0.2) is 0 Å². The fourth-order valence-corrected chi connectivity index (χ4v) is 2.88. The van der Waals surface area contributed by atoms with Crippen LogP contribution in [0, 0.1) is 0 Å². The van der Waals surface area contributed by atoms with Crippen LogP contribution in [-0.4, -0.2) is 17.3 Å². The predicted molar refractivity (Wildman–Crippen MR) is 75.0 cm³/mol. The van der Waals surface area contributed by atoms with Crippen molar-refractivity contribution in [3.8, 4) is 0 Å². The maximum absolute atomic E-state index is 11.6. The van der Waals surface area contributed by atoms with E-state index in [-0.39, 0.29) is 5.97 Å². The van der Waals surface area contributed by atoms with Gasteiger partial charge in [0, 0.05) is 4.90 Å². The third kappa shape index (κ3) is 3.77. The fourth-order valence-electron chi connectivity index (χ4n) is 2.15. The van der Waals surface area contributed by atoms with Crippen molar-refractivity contribution < 1.29 is 9.53 Å². The van der Waals surface area contributed by atoms with E-state index in [1.54, 1.807) is 11.8 Å². The van der Waals surface area contributed by atoms with E-state index in [4.69, 9.17) is 4.74 Å². The molecule has 1 aliphatic carbocycles. The van der Waals surface area contributed by atoms with Gasteiger partial charge in [0.25, 0.3) is 0 Å². The number of carbonyl (C=O) groups is 1. The first-order chi connectivity index (χ1) is 8.44. The molecule has 0 N–H and O–H groups in total. The van der Waals surface area contributed by atoms with Gasteiger partial charge in [0.1, 0.15) is 5.60 Å². The summed E-state index contributed by atoms with van der Waals surface area (Å²) in [5.74, 6) is 0.240. The van der Waals surface area contributed by atoms with Gasteiger partial charge in [-0.1, -0.05) is 6.07 Å². The highest BCUT2D eigenvalue weighted by Gasteiger charge is 2.17. The lowest BCUT2D eigenvalue weighted by atomic mass is 10.1. The van der Waals surface area contributed by atoms with Crippen LogP contribution in [0.4, 0.5) is 0 Å². The number of esters is 1. The fraction of sp³-hybridized carbons (Fsp3) is 0.533. The van der Waals surface area contributed by atoms with Gasteiger partial charge in [0.15, 0.2) is 0 Å². The van der Waals surface area contributed by atoms with E-state index in [2.05, 4.69) is 18.2 Å². The zero-order valence-electron chi connectivity index (χ0n) is 11.3. The lowest BCUT2D eigenvalue weighted by Gasteiger charge is -2.19. The van der Waals surface area contributed by atoms with Crippen molar-refractivity contribution in [2.45, 2.75) is 50.5 Å². The smallest absolute Gasteiger partial charge is 0.316 e. The number of carbonyl (C=O) groups excluding carboxylic acids is 1. The van der Waals surface area contributed by atoms with Crippen molar-refractivity contribution in [3.63, 3.8) is 0 Å². The highest BCUT2D eigenvalue weighted by molar-refractivity contribution is 8.00. The molecule has 0 radical (unpaired) electrons. The molecule has 0 fully saturated rings. The number of hydrogen-bond acceptors (Lipinski definition) is 3. The first-order valence-electron chi connectivity index (χ1n) is 6.40. The molecular weight excluding hydrogens is 244 g/mol. The number of rotatable bonds is 3. The van der Waals surface area contributed by atoms with E-state index < -0.39 is 5.60 Å². The molecule has 98 valence electrons. The van der Waals surface area contributed by atoms with Crippen molar-refractivity contribution in [1.82, 2.24) is 0 Å². The topological polar surface area (TPSA) is 26.3 Å². The Kier molecular flexibility index (Phi) is 4.00. The van der Waals surface area contributed by atoms with Gasteiger partial charge in [0.2, 0.25) is 0 Å². The average molecular weight is 264 g/mol. The van der Waals surface area contributed by atoms with E-state index in [0.717, 1.165) is 0 Å². The van der Waals surface area contributed by atoms with Crippen LogP contribution in [0.25, 0.3) is 0 Å². The second kappa shape index (κ2) is 5.35. The molecule has 2 rings (SSSR count). The third-order valence-corrected chi connectivity index (χ3v) is 3.81. The number of ether oxygens (including phenoxy) is 1. The molecule has 0 spiro atoms. The first-order valence-corrected chi connectivity index (χ1v) is 7.39. The van der Waals surface area contributed by atoms with E-state index in [1.165, 1.54) is 35.3 Å². The van der Waals surface area contributed by atoms with E-state index in [1.807, 2.05) is 20.8 Å². The maximum Gasteiger partial charge on any atom is 0.316 e. The summed E-state index contributed by atoms with van der Waals surface area (Å²) in [5.41, 5.74) is 2.52. The van der Waals surface area contributed by atoms with Crippen LogP contribution in [0.1, 0.15) is 38.3 Å². The summed E-state index contributed by atoms with van der Waals surface area (Å²) in [6, 6.07) is 6.52. The Hall–Kier alpha value is -0.960. The molecule has 1 aromatic carbocycles. The molecule has 0 aliphatic heterocycles. The Morgan fingerprint density at radius 3 is 2.72 bits per heavy atom. The van der Waals surface area contributed by atoms with Crippen LogP contribution in [-0.2, 0) is 22.4 Å². The minimum absolute atomic E-state index is 0.145. The highest BCUT2D eigenvalue weighted by Crippen LogP contribution is 2.27. The van der Waals surface area contributed by atoms with Gasteiger partial charge in [-0.2, -0.15) is 0 Å². The number of thioether (sulfide) groups is 1. The molecule has 0 unspecified atom stereocenters. The van der Waals surface area contributed by atoms with Gasteiger partial charge in [-0.15, -0.1) is 11.8 Å². The standard InChI is InChI=1S/C15H20O2S/c1-15(2,3)17-14(16)10-18-13-8-7-11-5-4-6-12(11)9-13/h7-9H,4-6,10H2,1-3H3. The normalized spacial score (nSPS) is 14.4. The molecule has 0 saturated heterocycles. The summed E-state index contributed by atoms with van der Waals surface area (Å²) in [4.78, 5) is 12.8. The summed E-state index contributed by atoms with van der Waals surface area (Å²) in [7, 11) is 0. The molecule has 2 nitrogen and oxygen atoms in total. The minimum Gasteiger partial charge on any atom is -0.459 e. The molecule has 0 bridgehead atoms. The number of aryl methyl sites for hydroxylation is 2. The van der Waals surface area contributed by atoms with Crippen molar-refractivity contribution in [2.24, 2.45) is 0 Å². The third-order valence-electron chi connectivity index (χ3n) is 2.85. The van der Waals surface area contributed by atoms with Crippen LogP contribution in [0.15, 0.2) is 23.1 Å². The molecule has 1 aliphatic rings. The second-order valence-corrected chi connectivity index (χ2v) is 6.71. The van der Waals surface area contributed by atoms with Crippen LogP contribution in [0.3, 0.4) is 0 Å². The SMILES string of the molecule is CC(C)(C)OC(=O)CSc1ccc2c(c1)CCC2. The Morgan fingerprint density at radius 2 is 2.00 bits per heavy atom. The summed E-state index contributed by atoms with van der Waals surface area (Å²) in [5, 5.41) is 0. The molecule has 3 heteroatoms. The molecule has 18 heavy (non-hydrogen) atoms. The predicted octanol–water partition coefficient (Wildman–Crippen LogP) is 3.61. The Morgan fingerprint density at radius 1 is 1.28 bits per heavy atom. The number of fused-ring (bicyclic) bond motifs is 1. The monoisotopic (exact) mass is 264 g/mol.